The number of carbonyl (C=O) groups excluding carboxylic acids is 3. The molecule has 0 saturated heterocycles. The van der Waals surface area contributed by atoms with Gasteiger partial charge >= 0.3 is 17.9 Å². The fourth-order valence-electron chi connectivity index (χ4n) is 8.04. The van der Waals surface area contributed by atoms with Gasteiger partial charge in [-0.1, -0.05) is 252 Å². The van der Waals surface area contributed by atoms with Crippen molar-refractivity contribution in [2.24, 2.45) is 0 Å². The molecular weight excluding hydrogens is 889 g/mol. The van der Waals surface area contributed by atoms with Gasteiger partial charge in [-0.2, -0.15) is 0 Å². The Morgan fingerprint density at radius 3 is 0.875 bits per heavy atom. The number of rotatable bonds is 53. The van der Waals surface area contributed by atoms with Gasteiger partial charge < -0.3 is 14.2 Å². The third kappa shape index (κ3) is 57.0. The molecule has 0 bridgehead atoms. The standard InChI is InChI=1S/C66H110O6/c1-4-7-10-13-16-19-22-24-26-28-30-32-33-35-36-38-40-42-44-47-50-53-56-59-65(68)71-62-63(61-70-64(67)58-55-52-49-46-21-18-15-12-9-6-3)72-66(69)60-57-54-51-48-45-43-41-39-37-34-31-29-27-25-23-20-17-14-11-8-5-2/h8,11,17,20,22,24-25,27-28,30-31,33-35,39,41,45,48,63H,4-7,9-10,12-16,18-19,21,23,26,29,32,36-38,40,42-44,46-47,49-62H2,1-3H3/b11-8-,20-17-,24-22-,27-25-,30-28-,34-31-,35-33-,41-39-,48-45-. The molecule has 0 saturated carbocycles. The zero-order valence-electron chi connectivity index (χ0n) is 46.9. The van der Waals surface area contributed by atoms with E-state index in [4.69, 9.17) is 14.2 Å². The van der Waals surface area contributed by atoms with Crippen LogP contribution in [-0.4, -0.2) is 37.2 Å². The fourth-order valence-corrected chi connectivity index (χ4v) is 8.04. The quantitative estimate of drug-likeness (QED) is 0.0261. The van der Waals surface area contributed by atoms with E-state index in [2.05, 4.69) is 130 Å². The number of carbonyl (C=O) groups is 3. The maximum Gasteiger partial charge on any atom is 0.306 e. The first-order valence-corrected chi connectivity index (χ1v) is 29.9. The summed E-state index contributed by atoms with van der Waals surface area (Å²) in [6, 6.07) is 0. The van der Waals surface area contributed by atoms with Crippen molar-refractivity contribution in [2.75, 3.05) is 13.2 Å². The Morgan fingerprint density at radius 1 is 0.292 bits per heavy atom. The molecule has 0 aromatic rings. The molecule has 1 unspecified atom stereocenters. The highest BCUT2D eigenvalue weighted by molar-refractivity contribution is 5.71. The molecule has 0 radical (unpaired) electrons. The molecule has 0 amide bonds. The number of hydrogen-bond acceptors (Lipinski definition) is 6. The van der Waals surface area contributed by atoms with Crippen molar-refractivity contribution in [3.05, 3.63) is 109 Å². The Balaban J connectivity index is 4.39. The van der Waals surface area contributed by atoms with E-state index < -0.39 is 6.10 Å². The molecular formula is C66H110O6. The Labute approximate surface area is 444 Å². The van der Waals surface area contributed by atoms with Crippen LogP contribution in [0.5, 0.6) is 0 Å². The van der Waals surface area contributed by atoms with Crippen molar-refractivity contribution in [1.29, 1.82) is 0 Å². The molecule has 6 heteroatoms. The first-order chi connectivity index (χ1) is 35.5. The monoisotopic (exact) mass is 999 g/mol. The zero-order valence-corrected chi connectivity index (χ0v) is 46.9. The average molecular weight is 1000 g/mol. The summed E-state index contributed by atoms with van der Waals surface area (Å²) in [7, 11) is 0. The van der Waals surface area contributed by atoms with E-state index in [0.29, 0.717) is 19.3 Å². The Kier molecular flexibility index (Phi) is 56.4. The van der Waals surface area contributed by atoms with Crippen molar-refractivity contribution in [3.8, 4) is 0 Å². The summed E-state index contributed by atoms with van der Waals surface area (Å²) in [5.74, 6) is -0.949. The summed E-state index contributed by atoms with van der Waals surface area (Å²) in [6.45, 7) is 6.47. The fraction of sp³-hybridized carbons (Fsp3) is 0.682. The van der Waals surface area contributed by atoms with Crippen molar-refractivity contribution in [3.63, 3.8) is 0 Å². The molecule has 72 heavy (non-hydrogen) atoms. The van der Waals surface area contributed by atoms with E-state index in [1.165, 1.54) is 116 Å². The second-order valence-corrected chi connectivity index (χ2v) is 19.5. The summed E-state index contributed by atoms with van der Waals surface area (Å²) in [6.07, 6.45) is 80.9. The topological polar surface area (TPSA) is 78.9 Å². The van der Waals surface area contributed by atoms with Crippen LogP contribution in [-0.2, 0) is 28.6 Å². The van der Waals surface area contributed by atoms with Crippen LogP contribution in [0.3, 0.4) is 0 Å². The zero-order chi connectivity index (χ0) is 52.2. The summed E-state index contributed by atoms with van der Waals surface area (Å²) in [5, 5.41) is 0. The molecule has 0 rings (SSSR count). The summed E-state index contributed by atoms with van der Waals surface area (Å²) in [5.41, 5.74) is 0. The molecule has 6 nitrogen and oxygen atoms in total. The minimum atomic E-state index is -0.805. The van der Waals surface area contributed by atoms with Gasteiger partial charge in [0.15, 0.2) is 6.10 Å². The van der Waals surface area contributed by atoms with Gasteiger partial charge in [0, 0.05) is 19.3 Å². The SMILES string of the molecule is CC/C=C\C/C=C\C/C=C\C/C=C\C/C=C\C/C=C\CCCCC(=O)OC(COC(=O)CCCCCCCCCC/C=C\C/C=C\C/C=C\CCCCCCC)COC(=O)CCCCCCCCCCCC. The van der Waals surface area contributed by atoms with Gasteiger partial charge in [0.2, 0.25) is 0 Å². The molecule has 0 aliphatic carbocycles. The Hall–Kier alpha value is -3.93. The molecule has 0 heterocycles. The largest absolute Gasteiger partial charge is 0.462 e. The number of hydrogen-bond donors (Lipinski definition) is 0. The molecule has 410 valence electrons. The lowest BCUT2D eigenvalue weighted by atomic mass is 10.1. The lowest BCUT2D eigenvalue weighted by Crippen LogP contribution is -2.30. The molecule has 0 N–H and O–H groups in total. The van der Waals surface area contributed by atoms with Crippen LogP contribution >= 0.6 is 0 Å². The predicted octanol–water partition coefficient (Wildman–Crippen LogP) is 20.3. The van der Waals surface area contributed by atoms with Crippen LogP contribution in [0.2, 0.25) is 0 Å². The van der Waals surface area contributed by atoms with Crippen molar-refractivity contribution in [2.45, 2.75) is 277 Å². The van der Waals surface area contributed by atoms with Gasteiger partial charge in [0.1, 0.15) is 13.2 Å². The van der Waals surface area contributed by atoms with Crippen LogP contribution in [0.15, 0.2) is 109 Å². The average Bonchev–Trinajstić information content (AvgIpc) is 3.38. The van der Waals surface area contributed by atoms with E-state index in [0.717, 1.165) is 109 Å². The summed E-state index contributed by atoms with van der Waals surface area (Å²) in [4.78, 5) is 38.1. The van der Waals surface area contributed by atoms with E-state index in [1.54, 1.807) is 0 Å². The van der Waals surface area contributed by atoms with Gasteiger partial charge in [-0.3, -0.25) is 14.4 Å². The lowest BCUT2D eigenvalue weighted by Gasteiger charge is -2.18. The smallest absolute Gasteiger partial charge is 0.306 e. The van der Waals surface area contributed by atoms with Gasteiger partial charge in [0.05, 0.1) is 0 Å². The number of esters is 3. The molecule has 0 spiro atoms. The Bertz CT molecular complexity index is 1470. The number of allylic oxidation sites excluding steroid dienone is 18. The highest BCUT2D eigenvalue weighted by atomic mass is 16.6. The van der Waals surface area contributed by atoms with Crippen LogP contribution in [0.4, 0.5) is 0 Å². The maximum absolute atomic E-state index is 12.8. The first kappa shape index (κ1) is 68.1. The maximum atomic E-state index is 12.8. The minimum Gasteiger partial charge on any atom is -0.462 e. The van der Waals surface area contributed by atoms with E-state index >= 15 is 0 Å². The third-order valence-corrected chi connectivity index (χ3v) is 12.5. The third-order valence-electron chi connectivity index (χ3n) is 12.5. The normalized spacial score (nSPS) is 12.9. The number of ether oxygens (including phenoxy) is 3. The molecule has 1 atom stereocenters. The summed E-state index contributed by atoms with van der Waals surface area (Å²) < 4.78 is 16.8. The summed E-state index contributed by atoms with van der Waals surface area (Å²) >= 11 is 0. The van der Waals surface area contributed by atoms with E-state index in [-0.39, 0.29) is 37.5 Å². The predicted molar refractivity (Wildman–Crippen MR) is 311 cm³/mol. The minimum absolute atomic E-state index is 0.0980. The van der Waals surface area contributed by atoms with Crippen LogP contribution < -0.4 is 0 Å². The van der Waals surface area contributed by atoms with Gasteiger partial charge in [-0.15, -0.1) is 0 Å². The second-order valence-electron chi connectivity index (χ2n) is 19.5. The molecule has 0 fully saturated rings. The Morgan fingerprint density at radius 2 is 0.542 bits per heavy atom. The molecule has 0 aliphatic rings. The van der Waals surface area contributed by atoms with Gasteiger partial charge in [-0.25, -0.2) is 0 Å². The van der Waals surface area contributed by atoms with E-state index in [1.807, 2.05) is 0 Å². The second kappa shape index (κ2) is 59.6. The van der Waals surface area contributed by atoms with Crippen molar-refractivity contribution < 1.29 is 28.6 Å². The van der Waals surface area contributed by atoms with Crippen molar-refractivity contribution >= 4 is 17.9 Å². The van der Waals surface area contributed by atoms with Gasteiger partial charge in [-0.05, 0) is 109 Å². The van der Waals surface area contributed by atoms with Crippen molar-refractivity contribution in [1.82, 2.24) is 0 Å². The van der Waals surface area contributed by atoms with Gasteiger partial charge in [0.25, 0.3) is 0 Å². The number of unbranched alkanes of at least 4 members (excludes halogenated alkanes) is 24. The molecule has 0 aromatic carbocycles. The van der Waals surface area contributed by atoms with Crippen LogP contribution in [0, 0.1) is 0 Å². The highest BCUT2D eigenvalue weighted by Gasteiger charge is 2.19. The van der Waals surface area contributed by atoms with E-state index in [9.17, 15) is 14.4 Å². The van der Waals surface area contributed by atoms with Crippen LogP contribution in [0.1, 0.15) is 271 Å². The molecule has 0 aliphatic heterocycles. The highest BCUT2D eigenvalue weighted by Crippen LogP contribution is 2.14. The lowest BCUT2D eigenvalue weighted by molar-refractivity contribution is -0.167. The van der Waals surface area contributed by atoms with Crippen LogP contribution in [0.25, 0.3) is 0 Å². The first-order valence-electron chi connectivity index (χ1n) is 29.9. The molecule has 0 aromatic heterocycles.